The Kier molecular flexibility index (Phi) is 6.51. The zero-order chi connectivity index (χ0) is 20.1. The van der Waals surface area contributed by atoms with Crippen molar-refractivity contribution >= 4 is 23.6 Å². The van der Waals surface area contributed by atoms with E-state index in [1.54, 1.807) is 24.3 Å². The molecule has 0 N–H and O–H groups in total. The Morgan fingerprint density at radius 1 is 1.14 bits per heavy atom. The number of thioether (sulfide) groups is 1. The zero-order valence-electron chi connectivity index (χ0n) is 15.1. The first-order valence-corrected chi connectivity index (χ1v) is 9.63. The number of carbonyl (C=O) groups is 2. The number of amides is 1. The molecule has 2 atom stereocenters. The highest BCUT2D eigenvalue weighted by Gasteiger charge is 2.41. The second kappa shape index (κ2) is 9.05. The molecule has 8 heteroatoms. The Morgan fingerprint density at radius 3 is 2.54 bits per heavy atom. The van der Waals surface area contributed by atoms with Crippen molar-refractivity contribution in [1.82, 2.24) is 4.90 Å². The first kappa shape index (κ1) is 20.1. The van der Waals surface area contributed by atoms with Crippen LogP contribution in [0, 0.1) is 11.6 Å². The predicted molar refractivity (Wildman–Crippen MR) is 100 cm³/mol. The lowest BCUT2D eigenvalue weighted by Crippen LogP contribution is -2.42. The van der Waals surface area contributed by atoms with Crippen molar-refractivity contribution in [3.63, 3.8) is 0 Å². The molecule has 0 aromatic heterocycles. The predicted octanol–water partition coefficient (Wildman–Crippen LogP) is 3.28. The Balaban J connectivity index is 1.66. The largest absolute Gasteiger partial charge is 0.485 e. The lowest BCUT2D eigenvalue weighted by Gasteiger charge is -2.22. The molecule has 2 aromatic carbocycles. The summed E-state index contributed by atoms with van der Waals surface area (Å²) in [5.74, 6) is -1.52. The van der Waals surface area contributed by atoms with Crippen LogP contribution in [0.15, 0.2) is 53.4 Å². The second-order valence-corrected chi connectivity index (χ2v) is 7.28. The number of methoxy groups -OCH3 is 1. The number of hydrogen-bond acceptors (Lipinski definition) is 5. The minimum atomic E-state index is -0.789. The fraction of sp³-hybridized carbons (Fsp3) is 0.300. The van der Waals surface area contributed by atoms with E-state index in [0.29, 0.717) is 0 Å². The molecule has 28 heavy (non-hydrogen) atoms. The average Bonchev–Trinajstić information content (AvgIpc) is 3.12. The molecular weight excluding hydrogens is 388 g/mol. The van der Waals surface area contributed by atoms with Crippen molar-refractivity contribution in [1.29, 1.82) is 0 Å². The monoisotopic (exact) mass is 407 g/mol. The number of carbonyl (C=O) groups excluding carboxylic acids is 2. The van der Waals surface area contributed by atoms with E-state index in [1.807, 2.05) is 0 Å². The summed E-state index contributed by atoms with van der Waals surface area (Å²) >= 11 is 1.24. The number of likely N-dealkylation sites (tertiary alicyclic amines) is 1. The van der Waals surface area contributed by atoms with Gasteiger partial charge in [-0.1, -0.05) is 12.1 Å². The van der Waals surface area contributed by atoms with Gasteiger partial charge in [-0.3, -0.25) is 4.79 Å². The van der Waals surface area contributed by atoms with Crippen molar-refractivity contribution in [2.45, 2.75) is 23.5 Å². The van der Waals surface area contributed by atoms with E-state index in [4.69, 9.17) is 9.47 Å². The van der Waals surface area contributed by atoms with Gasteiger partial charge < -0.3 is 14.4 Å². The van der Waals surface area contributed by atoms with Gasteiger partial charge in [0.1, 0.15) is 18.0 Å². The molecule has 1 saturated heterocycles. The highest BCUT2D eigenvalue weighted by atomic mass is 32.2. The molecule has 0 saturated carbocycles. The fourth-order valence-electron chi connectivity index (χ4n) is 3.00. The highest BCUT2D eigenvalue weighted by molar-refractivity contribution is 8.00. The van der Waals surface area contributed by atoms with Crippen LogP contribution in [0.1, 0.15) is 6.42 Å². The Morgan fingerprint density at radius 2 is 1.86 bits per heavy atom. The maximum atomic E-state index is 13.8. The van der Waals surface area contributed by atoms with Crippen LogP contribution in [0.3, 0.4) is 0 Å². The Hall–Kier alpha value is -2.61. The molecule has 1 amide bonds. The summed E-state index contributed by atoms with van der Waals surface area (Å²) < 4.78 is 37.3. The Bertz CT molecular complexity index is 846. The van der Waals surface area contributed by atoms with Crippen LogP contribution in [-0.4, -0.2) is 48.3 Å². The van der Waals surface area contributed by atoms with Gasteiger partial charge in [-0.05, 0) is 36.4 Å². The van der Waals surface area contributed by atoms with Crippen LogP contribution in [0.2, 0.25) is 0 Å². The molecule has 3 rings (SSSR count). The van der Waals surface area contributed by atoms with Gasteiger partial charge in [0.25, 0.3) is 0 Å². The molecule has 1 heterocycles. The number of nitrogens with zero attached hydrogens (tertiary/aromatic N) is 1. The van der Waals surface area contributed by atoms with Crippen LogP contribution in [0.25, 0.3) is 0 Å². The molecule has 0 unspecified atom stereocenters. The molecule has 0 bridgehead atoms. The van der Waals surface area contributed by atoms with Gasteiger partial charge in [-0.2, -0.15) is 0 Å². The molecule has 0 spiro atoms. The van der Waals surface area contributed by atoms with Crippen LogP contribution in [0.5, 0.6) is 5.75 Å². The molecule has 1 fully saturated rings. The minimum absolute atomic E-state index is 0.0749. The van der Waals surface area contributed by atoms with Crippen molar-refractivity contribution in [2.75, 3.05) is 19.4 Å². The summed E-state index contributed by atoms with van der Waals surface area (Å²) in [5, 5.41) is 0. The first-order chi connectivity index (χ1) is 13.5. The number of halogens is 2. The second-order valence-electron chi connectivity index (χ2n) is 6.23. The highest BCUT2D eigenvalue weighted by Crippen LogP contribution is 2.27. The number of para-hydroxylation sites is 1. The quantitative estimate of drug-likeness (QED) is 0.543. The Labute approximate surface area is 165 Å². The first-order valence-electron chi connectivity index (χ1n) is 8.64. The smallest absolute Gasteiger partial charge is 0.328 e. The van der Waals surface area contributed by atoms with Gasteiger partial charge in [0.2, 0.25) is 5.91 Å². The normalized spacial score (nSPS) is 18.8. The van der Waals surface area contributed by atoms with Gasteiger partial charge in [0.05, 0.1) is 19.4 Å². The van der Waals surface area contributed by atoms with Crippen molar-refractivity contribution in [2.24, 2.45) is 0 Å². The van der Waals surface area contributed by atoms with Crippen molar-refractivity contribution in [3.05, 3.63) is 60.2 Å². The van der Waals surface area contributed by atoms with E-state index in [2.05, 4.69) is 0 Å². The van der Waals surface area contributed by atoms with Crippen LogP contribution in [-0.2, 0) is 14.3 Å². The summed E-state index contributed by atoms with van der Waals surface area (Å²) in [6.45, 7) is 0.150. The molecule has 5 nitrogen and oxygen atoms in total. The van der Waals surface area contributed by atoms with Gasteiger partial charge >= 0.3 is 5.97 Å². The van der Waals surface area contributed by atoms with Crippen molar-refractivity contribution in [3.8, 4) is 5.75 Å². The molecule has 0 aliphatic carbocycles. The van der Waals surface area contributed by atoms with E-state index in [-0.39, 0.29) is 36.2 Å². The van der Waals surface area contributed by atoms with Crippen LogP contribution >= 0.6 is 11.8 Å². The van der Waals surface area contributed by atoms with Gasteiger partial charge in [-0.15, -0.1) is 11.8 Å². The van der Waals surface area contributed by atoms with E-state index in [1.165, 1.54) is 48.0 Å². The third kappa shape index (κ3) is 4.81. The maximum Gasteiger partial charge on any atom is 0.328 e. The fourth-order valence-corrected chi connectivity index (χ4v) is 3.78. The van der Waals surface area contributed by atoms with Gasteiger partial charge in [0.15, 0.2) is 11.6 Å². The third-order valence-electron chi connectivity index (χ3n) is 4.36. The number of hydrogen-bond donors (Lipinski definition) is 0. The number of benzene rings is 2. The topological polar surface area (TPSA) is 55.8 Å². The summed E-state index contributed by atoms with van der Waals surface area (Å²) in [7, 11) is 1.25. The number of esters is 1. The van der Waals surface area contributed by atoms with Crippen LogP contribution in [0.4, 0.5) is 8.78 Å². The molecule has 0 radical (unpaired) electrons. The van der Waals surface area contributed by atoms with E-state index in [0.717, 1.165) is 4.90 Å². The molecule has 148 valence electrons. The summed E-state index contributed by atoms with van der Waals surface area (Å²) in [6.07, 6.45) is -0.311. The summed E-state index contributed by atoms with van der Waals surface area (Å²) in [4.78, 5) is 26.9. The lowest BCUT2D eigenvalue weighted by molar-refractivity contribution is -0.150. The van der Waals surface area contributed by atoms with E-state index >= 15 is 0 Å². The lowest BCUT2D eigenvalue weighted by atomic mass is 10.2. The van der Waals surface area contributed by atoms with Gasteiger partial charge in [0, 0.05) is 11.3 Å². The number of rotatable bonds is 6. The molecule has 2 aromatic rings. The minimum Gasteiger partial charge on any atom is -0.485 e. The molecular formula is C20H19F2NO4S. The zero-order valence-corrected chi connectivity index (χ0v) is 16.0. The van der Waals surface area contributed by atoms with E-state index in [9.17, 15) is 18.4 Å². The van der Waals surface area contributed by atoms with Crippen LogP contribution < -0.4 is 4.74 Å². The van der Waals surface area contributed by atoms with E-state index < -0.39 is 23.9 Å². The molecule has 1 aliphatic heterocycles. The SMILES string of the molecule is COC(=O)[C@@H]1C[C@@H](Oc2ccccc2F)CN1C(=O)CSc1ccc(F)cc1. The average molecular weight is 407 g/mol. The summed E-state index contributed by atoms with van der Waals surface area (Å²) in [5.41, 5.74) is 0. The van der Waals surface area contributed by atoms with Crippen molar-refractivity contribution < 1.29 is 27.8 Å². The molecule has 1 aliphatic rings. The maximum absolute atomic E-state index is 13.8. The third-order valence-corrected chi connectivity index (χ3v) is 5.36. The number of ether oxygens (including phenoxy) is 2. The standard InChI is InChI=1S/C20H19F2NO4S/c1-26-20(25)17-10-14(27-18-5-3-2-4-16(18)22)11-23(17)19(24)12-28-15-8-6-13(21)7-9-15/h2-9,14,17H,10-12H2,1H3/t14-,17+/m1/s1. The van der Waals surface area contributed by atoms with Gasteiger partial charge in [-0.25, -0.2) is 13.6 Å². The summed E-state index contributed by atoms with van der Waals surface area (Å²) in [6, 6.07) is 11.0.